The normalized spacial score (nSPS) is 10.9. The van der Waals surface area contributed by atoms with Gasteiger partial charge >= 0.3 is 5.97 Å². The Morgan fingerprint density at radius 1 is 1.16 bits per heavy atom. The van der Waals surface area contributed by atoms with E-state index in [1.54, 1.807) is 30.6 Å². The highest BCUT2D eigenvalue weighted by Gasteiger charge is 2.08. The van der Waals surface area contributed by atoms with Crippen LogP contribution in [0.1, 0.15) is 29.8 Å². The summed E-state index contributed by atoms with van der Waals surface area (Å²) in [6.45, 7) is 4.00. The van der Waals surface area contributed by atoms with Crippen molar-refractivity contribution in [1.29, 1.82) is 5.41 Å². The molecule has 0 aliphatic rings. The van der Waals surface area contributed by atoms with Crippen molar-refractivity contribution in [3.8, 4) is 5.69 Å². The van der Waals surface area contributed by atoms with E-state index in [0.717, 1.165) is 22.3 Å². The van der Waals surface area contributed by atoms with Gasteiger partial charge in [0.25, 0.3) is 0 Å². The number of hydrogen-bond acceptors (Lipinski definition) is 4. The molecular weight excluding hydrogens is 316 g/mol. The number of rotatable bonds is 4. The second kappa shape index (κ2) is 7.92. The molecule has 0 saturated carbocycles. The van der Waals surface area contributed by atoms with Crippen molar-refractivity contribution < 1.29 is 9.90 Å². The lowest BCUT2D eigenvalue weighted by atomic mass is 10.1. The summed E-state index contributed by atoms with van der Waals surface area (Å²) in [5.74, 6) is -0.960. The van der Waals surface area contributed by atoms with E-state index in [1.807, 2.05) is 36.6 Å². The van der Waals surface area contributed by atoms with E-state index in [9.17, 15) is 4.79 Å². The Kier molecular flexibility index (Phi) is 5.68. The third kappa shape index (κ3) is 3.58. The smallest absolute Gasteiger partial charge is 0.335 e. The van der Waals surface area contributed by atoms with Crippen LogP contribution in [0.5, 0.6) is 0 Å². The molecule has 0 amide bonds. The molecule has 0 bridgehead atoms. The van der Waals surface area contributed by atoms with Crippen LogP contribution in [-0.4, -0.2) is 26.8 Å². The lowest BCUT2D eigenvalue weighted by Crippen LogP contribution is -1.98. The van der Waals surface area contributed by atoms with Gasteiger partial charge in [0.1, 0.15) is 6.33 Å². The molecule has 6 nitrogen and oxygen atoms in total. The molecule has 2 aromatic carbocycles. The maximum atomic E-state index is 10.9. The van der Waals surface area contributed by atoms with Crippen LogP contribution < -0.4 is 5.73 Å². The highest BCUT2D eigenvalue weighted by Crippen LogP contribution is 2.22. The average Bonchev–Trinajstić information content (AvgIpc) is 3.08. The molecule has 3 aromatic rings. The topological polar surface area (TPSA) is 105 Å². The van der Waals surface area contributed by atoms with E-state index in [0.29, 0.717) is 5.57 Å². The number of nitrogens with two attached hydrogens (primary N) is 1. The van der Waals surface area contributed by atoms with Gasteiger partial charge in [-0.15, -0.1) is 0 Å². The molecule has 0 aliphatic carbocycles. The van der Waals surface area contributed by atoms with E-state index >= 15 is 0 Å². The van der Waals surface area contributed by atoms with Gasteiger partial charge in [-0.2, -0.15) is 0 Å². The van der Waals surface area contributed by atoms with Crippen LogP contribution in [0.15, 0.2) is 55.0 Å². The fourth-order valence-corrected chi connectivity index (χ4v) is 2.39. The zero-order valence-electron chi connectivity index (χ0n) is 14.1. The first-order valence-corrected chi connectivity index (χ1v) is 7.87. The molecule has 4 N–H and O–H groups in total. The molecule has 25 heavy (non-hydrogen) atoms. The molecule has 0 spiro atoms. The number of nitrogens with zero attached hydrogens (tertiary/aromatic N) is 2. The third-order valence-corrected chi connectivity index (χ3v) is 3.61. The number of carboxylic acids is 1. The van der Waals surface area contributed by atoms with Crippen LogP contribution in [0, 0.1) is 5.41 Å². The first-order valence-electron chi connectivity index (χ1n) is 7.87. The highest BCUT2D eigenvalue weighted by atomic mass is 16.4. The number of hydrogen-bond donors (Lipinski definition) is 3. The maximum Gasteiger partial charge on any atom is 0.335 e. The van der Waals surface area contributed by atoms with Crippen molar-refractivity contribution in [2.24, 2.45) is 5.73 Å². The number of benzene rings is 2. The van der Waals surface area contributed by atoms with Gasteiger partial charge in [-0.25, -0.2) is 9.78 Å². The van der Waals surface area contributed by atoms with Gasteiger partial charge in [0, 0.05) is 23.7 Å². The lowest BCUT2D eigenvalue weighted by Gasteiger charge is -2.06. The fraction of sp³-hybridized carbons (Fsp3) is 0.105. The van der Waals surface area contributed by atoms with Gasteiger partial charge in [0.15, 0.2) is 0 Å². The highest BCUT2D eigenvalue weighted by molar-refractivity contribution is 6.09. The predicted octanol–water partition coefficient (Wildman–Crippen LogP) is 3.70. The standard InChI is InChI=1S/C17H14N4O2.C2H6/c18-8-13(9-19)12-3-6-15-16(7-12)21(10-20-15)14-4-1-11(2-5-14)17(22)23;1-2/h1-10,18H,19H2,(H,22,23);1-2H3/b13-9+,18-8?;. The number of aromatic nitrogens is 2. The zero-order valence-corrected chi connectivity index (χ0v) is 14.1. The summed E-state index contributed by atoms with van der Waals surface area (Å²) in [7, 11) is 0. The molecule has 1 aromatic heterocycles. The van der Waals surface area contributed by atoms with Crippen LogP contribution in [0.3, 0.4) is 0 Å². The fourth-order valence-electron chi connectivity index (χ4n) is 2.39. The first-order chi connectivity index (χ1) is 12.1. The molecule has 128 valence electrons. The Morgan fingerprint density at radius 3 is 2.36 bits per heavy atom. The number of fused-ring (bicyclic) bond motifs is 1. The number of carbonyl (C=O) groups is 1. The molecule has 6 heteroatoms. The second-order valence-corrected chi connectivity index (χ2v) is 4.94. The van der Waals surface area contributed by atoms with Crippen LogP contribution >= 0.6 is 0 Å². The van der Waals surface area contributed by atoms with Crippen LogP contribution in [0.25, 0.3) is 22.3 Å². The Balaban J connectivity index is 0.00000109. The van der Waals surface area contributed by atoms with Gasteiger partial charge < -0.3 is 16.2 Å². The summed E-state index contributed by atoms with van der Waals surface area (Å²) < 4.78 is 1.86. The van der Waals surface area contributed by atoms with Crippen molar-refractivity contribution in [2.75, 3.05) is 0 Å². The summed E-state index contributed by atoms with van der Waals surface area (Å²) >= 11 is 0. The van der Waals surface area contributed by atoms with Crippen molar-refractivity contribution in [2.45, 2.75) is 13.8 Å². The van der Waals surface area contributed by atoms with E-state index < -0.39 is 5.97 Å². The Bertz CT molecular complexity index is 924. The van der Waals surface area contributed by atoms with E-state index in [1.165, 1.54) is 12.4 Å². The largest absolute Gasteiger partial charge is 0.478 e. The molecular formula is C19H20N4O2. The van der Waals surface area contributed by atoms with Crippen LogP contribution in [0.2, 0.25) is 0 Å². The number of nitrogens with one attached hydrogen (secondary N) is 1. The minimum Gasteiger partial charge on any atom is -0.478 e. The third-order valence-electron chi connectivity index (χ3n) is 3.61. The Labute approximate surface area is 145 Å². The Hall–Kier alpha value is -3.41. The van der Waals surface area contributed by atoms with E-state index in [-0.39, 0.29) is 5.56 Å². The van der Waals surface area contributed by atoms with Gasteiger partial charge in [-0.05, 0) is 42.0 Å². The number of imidazole rings is 1. The van der Waals surface area contributed by atoms with Crippen molar-refractivity contribution in [3.05, 3.63) is 66.1 Å². The molecule has 0 aliphatic heterocycles. The Morgan fingerprint density at radius 2 is 1.80 bits per heavy atom. The van der Waals surface area contributed by atoms with Crippen LogP contribution in [0.4, 0.5) is 0 Å². The molecule has 0 unspecified atom stereocenters. The molecule has 0 fully saturated rings. The molecule has 0 atom stereocenters. The molecule has 1 heterocycles. The summed E-state index contributed by atoms with van der Waals surface area (Å²) in [5, 5.41) is 16.4. The molecule has 0 radical (unpaired) electrons. The molecule has 3 rings (SSSR count). The minimum absolute atomic E-state index is 0.232. The quantitative estimate of drug-likeness (QED) is 0.632. The lowest BCUT2D eigenvalue weighted by molar-refractivity contribution is 0.0697. The summed E-state index contributed by atoms with van der Waals surface area (Å²) in [6, 6.07) is 12.2. The van der Waals surface area contributed by atoms with Crippen molar-refractivity contribution in [3.63, 3.8) is 0 Å². The van der Waals surface area contributed by atoms with Crippen molar-refractivity contribution >= 4 is 28.8 Å². The molecule has 0 saturated heterocycles. The van der Waals surface area contributed by atoms with Gasteiger partial charge in [-0.1, -0.05) is 19.9 Å². The van der Waals surface area contributed by atoms with E-state index in [4.69, 9.17) is 16.2 Å². The second-order valence-electron chi connectivity index (χ2n) is 4.94. The number of allylic oxidation sites excluding steroid dienone is 1. The van der Waals surface area contributed by atoms with Gasteiger partial charge in [0.2, 0.25) is 0 Å². The summed E-state index contributed by atoms with van der Waals surface area (Å²) in [4.78, 5) is 15.3. The summed E-state index contributed by atoms with van der Waals surface area (Å²) in [6.07, 6.45) is 4.26. The van der Waals surface area contributed by atoms with Gasteiger partial charge in [-0.3, -0.25) is 4.57 Å². The zero-order chi connectivity index (χ0) is 18.4. The predicted molar refractivity (Wildman–Crippen MR) is 100 cm³/mol. The SMILES string of the molecule is CC.N=C/C(=C\N)c1ccc2ncn(-c3ccc(C(=O)O)cc3)c2c1. The minimum atomic E-state index is -0.960. The first kappa shape index (κ1) is 17.9. The van der Waals surface area contributed by atoms with E-state index in [2.05, 4.69) is 4.98 Å². The van der Waals surface area contributed by atoms with Gasteiger partial charge in [0.05, 0.1) is 16.6 Å². The summed E-state index contributed by atoms with van der Waals surface area (Å²) in [5.41, 5.74) is 9.67. The monoisotopic (exact) mass is 336 g/mol. The number of carboxylic acid groups (broad SMARTS) is 1. The maximum absolute atomic E-state index is 10.9. The number of aromatic carboxylic acids is 1. The average molecular weight is 336 g/mol. The van der Waals surface area contributed by atoms with Crippen LogP contribution in [-0.2, 0) is 0 Å². The van der Waals surface area contributed by atoms with Crippen molar-refractivity contribution in [1.82, 2.24) is 9.55 Å².